The molecule has 4 atom stereocenters. The van der Waals surface area contributed by atoms with Crippen molar-refractivity contribution in [1.29, 1.82) is 0 Å². The van der Waals surface area contributed by atoms with Crippen molar-refractivity contribution in [2.24, 2.45) is 23.3 Å². The largest absolute Gasteiger partial charge is 0.469 e. The van der Waals surface area contributed by atoms with Crippen LogP contribution in [0.1, 0.15) is 38.5 Å². The summed E-state index contributed by atoms with van der Waals surface area (Å²) in [5, 5.41) is 0. The third-order valence-electron chi connectivity index (χ3n) is 4.15. The first kappa shape index (κ1) is 23.7. The van der Waals surface area contributed by atoms with Crippen LogP contribution >= 0.6 is 24.8 Å². The Hall–Kier alpha value is -0.560. The summed E-state index contributed by atoms with van der Waals surface area (Å²) < 4.78 is 9.17. The van der Waals surface area contributed by atoms with Crippen molar-refractivity contribution in [1.82, 2.24) is 0 Å². The van der Waals surface area contributed by atoms with Gasteiger partial charge in [-0.1, -0.05) is 12.8 Å². The molecule has 6 nitrogen and oxygen atoms in total. The average molecular weight is 359 g/mol. The molecule has 0 aromatic rings. The van der Waals surface area contributed by atoms with Crippen LogP contribution in [0.4, 0.5) is 0 Å². The number of methoxy groups -OCH3 is 2. The van der Waals surface area contributed by atoms with Crippen molar-refractivity contribution >= 4 is 36.8 Å². The molecule has 2 rings (SSSR count). The van der Waals surface area contributed by atoms with Gasteiger partial charge in [-0.15, -0.1) is 24.8 Å². The normalized spacial score (nSPS) is 29.3. The van der Waals surface area contributed by atoms with Crippen molar-refractivity contribution in [3.63, 3.8) is 0 Å². The number of carbonyl (C=O) groups is 2. The number of nitrogens with two attached hydrogens (primary N) is 2. The summed E-state index contributed by atoms with van der Waals surface area (Å²) in [6, 6.07) is 0.0694. The Morgan fingerprint density at radius 2 is 1.09 bits per heavy atom. The summed E-state index contributed by atoms with van der Waals surface area (Å²) in [5.41, 5.74) is 11.3. The molecule has 132 valence electrons. The van der Waals surface area contributed by atoms with Gasteiger partial charge in [0.25, 0.3) is 0 Å². The maximum absolute atomic E-state index is 10.9. The number of carbonyl (C=O) groups excluding carboxylic acids is 2. The third kappa shape index (κ3) is 6.69. The molecule has 8 heteroatoms. The smallest absolute Gasteiger partial charge is 0.310 e. The zero-order valence-corrected chi connectivity index (χ0v) is 14.8. The molecule has 0 aromatic heterocycles. The van der Waals surface area contributed by atoms with E-state index in [2.05, 4.69) is 9.47 Å². The minimum atomic E-state index is -0.148. The second-order valence-electron chi connectivity index (χ2n) is 5.45. The average Bonchev–Trinajstić information content (AvgIpc) is 3.06. The van der Waals surface area contributed by atoms with Crippen LogP contribution in [0.25, 0.3) is 0 Å². The SMILES string of the molecule is COC(=O)[C@@H]1CCC[C@H]1N.COC(=O)[C@H]1CCC[C@@H]1N.Cl.Cl. The van der Waals surface area contributed by atoms with Gasteiger partial charge in [0, 0.05) is 12.1 Å². The number of hydrogen-bond donors (Lipinski definition) is 2. The molecule has 22 heavy (non-hydrogen) atoms. The monoisotopic (exact) mass is 358 g/mol. The highest BCUT2D eigenvalue weighted by atomic mass is 35.5. The van der Waals surface area contributed by atoms with Crippen LogP contribution in [-0.4, -0.2) is 38.2 Å². The summed E-state index contributed by atoms with van der Waals surface area (Å²) in [7, 11) is 2.82. The molecule has 0 heterocycles. The van der Waals surface area contributed by atoms with Gasteiger partial charge in [-0.2, -0.15) is 0 Å². The van der Waals surface area contributed by atoms with Gasteiger partial charge in [0.15, 0.2) is 0 Å². The van der Waals surface area contributed by atoms with Crippen molar-refractivity contribution in [3.05, 3.63) is 0 Å². The first-order chi connectivity index (χ1) is 9.51. The van der Waals surface area contributed by atoms with Gasteiger partial charge in [-0.3, -0.25) is 9.59 Å². The van der Waals surface area contributed by atoms with E-state index < -0.39 is 0 Å². The van der Waals surface area contributed by atoms with Crippen molar-refractivity contribution in [2.45, 2.75) is 50.6 Å². The molecule has 0 aromatic carbocycles. The number of rotatable bonds is 2. The van der Waals surface area contributed by atoms with E-state index in [0.29, 0.717) is 0 Å². The molecule has 2 aliphatic rings. The molecule has 0 amide bonds. The second kappa shape index (κ2) is 11.9. The van der Waals surface area contributed by atoms with Gasteiger partial charge in [0.2, 0.25) is 0 Å². The molecule has 0 unspecified atom stereocenters. The van der Waals surface area contributed by atoms with Crippen LogP contribution in [0, 0.1) is 11.8 Å². The summed E-state index contributed by atoms with van der Waals surface area (Å²) >= 11 is 0. The molecule has 2 saturated carbocycles. The Morgan fingerprint density at radius 1 is 0.773 bits per heavy atom. The maximum atomic E-state index is 10.9. The zero-order valence-electron chi connectivity index (χ0n) is 13.2. The fourth-order valence-electron chi connectivity index (χ4n) is 2.87. The van der Waals surface area contributed by atoms with E-state index in [4.69, 9.17) is 11.5 Å². The number of halogens is 2. The minimum absolute atomic E-state index is 0. The van der Waals surface area contributed by atoms with Gasteiger partial charge < -0.3 is 20.9 Å². The Labute approximate surface area is 144 Å². The van der Waals surface area contributed by atoms with Crippen LogP contribution in [0.5, 0.6) is 0 Å². The standard InChI is InChI=1S/2C7H13NO2.2ClH/c2*1-10-7(9)5-3-2-4-6(5)8;;/h2*5-6H,2-4,8H2,1H3;2*1H/t2*5-,6-;;/m10../s1. The predicted octanol–water partition coefficient (Wildman–Crippen LogP) is 1.42. The van der Waals surface area contributed by atoms with E-state index >= 15 is 0 Å². The Kier molecular flexibility index (Phi) is 12.9. The topological polar surface area (TPSA) is 105 Å². The Balaban J connectivity index is 0. The van der Waals surface area contributed by atoms with Gasteiger partial charge in [0.1, 0.15) is 0 Å². The van der Waals surface area contributed by atoms with E-state index in [1.165, 1.54) is 14.2 Å². The first-order valence-electron chi connectivity index (χ1n) is 7.18. The summed E-state index contributed by atoms with van der Waals surface area (Å²) in [4.78, 5) is 21.8. The second-order valence-corrected chi connectivity index (χ2v) is 5.45. The highest BCUT2D eigenvalue weighted by Crippen LogP contribution is 2.25. The van der Waals surface area contributed by atoms with Crippen LogP contribution in [-0.2, 0) is 19.1 Å². The maximum Gasteiger partial charge on any atom is 0.310 e. The zero-order chi connectivity index (χ0) is 15.1. The molecule has 0 saturated heterocycles. The predicted molar refractivity (Wildman–Crippen MR) is 89.2 cm³/mol. The number of ether oxygens (including phenoxy) is 2. The Morgan fingerprint density at radius 3 is 1.27 bits per heavy atom. The van der Waals surface area contributed by atoms with Crippen LogP contribution in [0.15, 0.2) is 0 Å². The molecular formula is C14H28Cl2N2O4. The van der Waals surface area contributed by atoms with Crippen LogP contribution in [0.2, 0.25) is 0 Å². The van der Waals surface area contributed by atoms with Gasteiger partial charge in [-0.05, 0) is 25.7 Å². The fraction of sp³-hybridized carbons (Fsp3) is 0.857. The van der Waals surface area contributed by atoms with E-state index in [1.807, 2.05) is 0 Å². The third-order valence-corrected chi connectivity index (χ3v) is 4.15. The quantitative estimate of drug-likeness (QED) is 0.723. The minimum Gasteiger partial charge on any atom is -0.469 e. The number of hydrogen-bond acceptors (Lipinski definition) is 6. The van der Waals surface area contributed by atoms with E-state index in [9.17, 15) is 9.59 Å². The summed E-state index contributed by atoms with van der Waals surface area (Å²) in [6.45, 7) is 0. The van der Waals surface area contributed by atoms with Gasteiger partial charge in [0.05, 0.1) is 26.1 Å². The summed E-state index contributed by atoms with van der Waals surface area (Å²) in [6.07, 6.45) is 5.82. The molecule has 0 spiro atoms. The van der Waals surface area contributed by atoms with E-state index in [-0.39, 0.29) is 60.7 Å². The molecule has 2 aliphatic carbocycles. The molecule has 0 aliphatic heterocycles. The molecule has 4 N–H and O–H groups in total. The van der Waals surface area contributed by atoms with Crippen LogP contribution < -0.4 is 11.5 Å². The van der Waals surface area contributed by atoms with Crippen molar-refractivity contribution in [3.8, 4) is 0 Å². The molecular weight excluding hydrogens is 331 g/mol. The van der Waals surface area contributed by atoms with E-state index in [1.54, 1.807) is 0 Å². The van der Waals surface area contributed by atoms with Gasteiger partial charge in [-0.25, -0.2) is 0 Å². The van der Waals surface area contributed by atoms with E-state index in [0.717, 1.165) is 38.5 Å². The highest BCUT2D eigenvalue weighted by Gasteiger charge is 2.31. The lowest BCUT2D eigenvalue weighted by Gasteiger charge is -2.11. The lowest BCUT2D eigenvalue weighted by Crippen LogP contribution is -2.31. The summed E-state index contributed by atoms with van der Waals surface area (Å²) in [5.74, 6) is -0.370. The Bertz CT molecular complexity index is 313. The van der Waals surface area contributed by atoms with Crippen molar-refractivity contribution in [2.75, 3.05) is 14.2 Å². The van der Waals surface area contributed by atoms with Gasteiger partial charge >= 0.3 is 11.9 Å². The molecule has 2 fully saturated rings. The number of esters is 2. The van der Waals surface area contributed by atoms with Crippen LogP contribution in [0.3, 0.4) is 0 Å². The highest BCUT2D eigenvalue weighted by molar-refractivity contribution is 5.85. The lowest BCUT2D eigenvalue weighted by molar-refractivity contribution is -0.146. The lowest BCUT2D eigenvalue weighted by atomic mass is 10.1. The molecule has 0 bridgehead atoms. The first-order valence-corrected chi connectivity index (χ1v) is 7.18. The molecule has 0 radical (unpaired) electrons. The van der Waals surface area contributed by atoms with Crippen molar-refractivity contribution < 1.29 is 19.1 Å². The fourth-order valence-corrected chi connectivity index (χ4v) is 2.87.